The van der Waals surface area contributed by atoms with E-state index in [0.29, 0.717) is 11.6 Å². The first kappa shape index (κ1) is 16.1. The first-order valence-corrected chi connectivity index (χ1v) is 8.51. The normalized spacial score (nSPS) is 11.2. The zero-order chi connectivity index (χ0) is 16.2. The number of anilines is 1. The first-order chi connectivity index (χ1) is 10.4. The van der Waals surface area contributed by atoms with E-state index < -0.39 is 10.0 Å². The van der Waals surface area contributed by atoms with Gasteiger partial charge < -0.3 is 0 Å². The van der Waals surface area contributed by atoms with E-state index in [9.17, 15) is 8.42 Å². The van der Waals surface area contributed by atoms with Gasteiger partial charge in [0.15, 0.2) is 0 Å². The molecule has 0 atom stereocenters. The summed E-state index contributed by atoms with van der Waals surface area (Å²) in [5.74, 6) is 0.492. The number of hydrogen-bond acceptors (Lipinski definition) is 3. The lowest BCUT2D eigenvalue weighted by atomic mass is 10.0. The minimum absolute atomic E-state index is 0.00763. The van der Waals surface area contributed by atoms with Gasteiger partial charge in [-0.05, 0) is 42.2 Å². The van der Waals surface area contributed by atoms with Gasteiger partial charge in [-0.3, -0.25) is 4.72 Å². The van der Waals surface area contributed by atoms with Gasteiger partial charge in [-0.25, -0.2) is 8.42 Å². The van der Waals surface area contributed by atoms with Crippen molar-refractivity contribution in [2.45, 2.75) is 25.2 Å². The Hall–Kier alpha value is -2.32. The molecule has 0 aliphatic heterocycles. The second-order valence-electron chi connectivity index (χ2n) is 5.51. The van der Waals surface area contributed by atoms with Crippen LogP contribution >= 0.6 is 0 Å². The molecule has 0 aromatic heterocycles. The lowest BCUT2D eigenvalue weighted by molar-refractivity contribution is 0.601. The van der Waals surface area contributed by atoms with Crippen LogP contribution in [0.2, 0.25) is 0 Å². The number of hydrogen-bond donors (Lipinski definition) is 1. The maximum atomic E-state index is 12.5. The number of nitrogens with one attached hydrogen (secondary N) is 1. The van der Waals surface area contributed by atoms with Crippen molar-refractivity contribution in [2.75, 3.05) is 4.72 Å². The third-order valence-electron chi connectivity index (χ3n) is 3.12. The Morgan fingerprint density at radius 1 is 1.14 bits per heavy atom. The molecule has 5 heteroatoms. The molecule has 4 nitrogen and oxygen atoms in total. The van der Waals surface area contributed by atoms with Crippen LogP contribution in [0.15, 0.2) is 53.4 Å². The quantitative estimate of drug-likeness (QED) is 0.917. The minimum Gasteiger partial charge on any atom is -0.280 e. The van der Waals surface area contributed by atoms with Crippen molar-refractivity contribution < 1.29 is 8.42 Å². The molecule has 0 fully saturated rings. The predicted molar refractivity (Wildman–Crippen MR) is 86.9 cm³/mol. The maximum Gasteiger partial charge on any atom is 0.263 e. The van der Waals surface area contributed by atoms with E-state index in [-0.39, 0.29) is 10.5 Å². The molecule has 0 amide bonds. The monoisotopic (exact) mass is 314 g/mol. The van der Waals surface area contributed by atoms with Crippen LogP contribution in [0.3, 0.4) is 0 Å². The van der Waals surface area contributed by atoms with Crippen molar-refractivity contribution in [3.63, 3.8) is 0 Å². The Balaban J connectivity index is 2.32. The predicted octanol–water partition coefficient (Wildman–Crippen LogP) is 3.56. The van der Waals surface area contributed by atoms with Crippen molar-refractivity contribution in [3.05, 3.63) is 59.7 Å². The second kappa shape index (κ2) is 6.63. The average Bonchev–Trinajstić information content (AvgIpc) is 2.46. The molecule has 2 aromatic rings. The van der Waals surface area contributed by atoms with Gasteiger partial charge in [0.2, 0.25) is 0 Å². The summed E-state index contributed by atoms with van der Waals surface area (Å²) in [5.41, 5.74) is 1.71. The number of nitrogens with zero attached hydrogens (tertiary/aromatic N) is 1. The molecule has 1 N–H and O–H groups in total. The molecule has 0 radical (unpaired) electrons. The molecule has 2 aromatic carbocycles. The van der Waals surface area contributed by atoms with Crippen LogP contribution < -0.4 is 4.72 Å². The van der Waals surface area contributed by atoms with Crippen LogP contribution in [0.5, 0.6) is 0 Å². The standard InChI is InChI=1S/C17H18N2O2S/c1-13(2)10-14-6-5-8-16(11-14)19-22(20,21)17-9-4-3-7-15(17)12-18/h3-9,11,13,19H,10H2,1-2H3. The van der Waals surface area contributed by atoms with E-state index in [0.717, 1.165) is 12.0 Å². The van der Waals surface area contributed by atoms with Crippen LogP contribution in [0.1, 0.15) is 25.0 Å². The van der Waals surface area contributed by atoms with Crippen molar-refractivity contribution >= 4 is 15.7 Å². The van der Waals surface area contributed by atoms with Gasteiger partial charge in [-0.1, -0.05) is 38.1 Å². The van der Waals surface area contributed by atoms with Crippen molar-refractivity contribution in [1.29, 1.82) is 5.26 Å². The number of benzene rings is 2. The number of rotatable bonds is 5. The summed E-state index contributed by atoms with van der Waals surface area (Å²) >= 11 is 0. The van der Waals surface area contributed by atoms with Crippen molar-refractivity contribution in [3.8, 4) is 6.07 Å². The van der Waals surface area contributed by atoms with Crippen LogP contribution in [0.25, 0.3) is 0 Å². The Morgan fingerprint density at radius 2 is 1.86 bits per heavy atom. The van der Waals surface area contributed by atoms with Crippen LogP contribution in [-0.4, -0.2) is 8.42 Å². The Kier molecular flexibility index (Phi) is 4.84. The average molecular weight is 314 g/mol. The Morgan fingerprint density at radius 3 is 2.55 bits per heavy atom. The summed E-state index contributed by atoms with van der Waals surface area (Å²) in [5, 5.41) is 9.05. The third-order valence-corrected chi connectivity index (χ3v) is 4.56. The van der Waals surface area contributed by atoms with E-state index in [2.05, 4.69) is 18.6 Å². The summed E-state index contributed by atoms with van der Waals surface area (Å²) in [4.78, 5) is -0.00763. The lowest BCUT2D eigenvalue weighted by Gasteiger charge is -2.11. The number of sulfonamides is 1. The molecule has 0 aliphatic carbocycles. The molecule has 0 spiro atoms. The highest BCUT2D eigenvalue weighted by Gasteiger charge is 2.18. The molecule has 0 saturated heterocycles. The number of nitriles is 1. The SMILES string of the molecule is CC(C)Cc1cccc(NS(=O)(=O)c2ccccc2C#N)c1. The topological polar surface area (TPSA) is 70.0 Å². The van der Waals surface area contributed by atoms with Gasteiger partial charge in [-0.2, -0.15) is 5.26 Å². The van der Waals surface area contributed by atoms with Gasteiger partial charge >= 0.3 is 0 Å². The summed E-state index contributed by atoms with van der Waals surface area (Å²) in [6.07, 6.45) is 0.879. The van der Waals surface area contributed by atoms with Crippen LogP contribution in [0, 0.1) is 17.2 Å². The summed E-state index contributed by atoms with van der Waals surface area (Å²) in [6, 6.07) is 15.4. The molecule has 2 rings (SSSR count). The van der Waals surface area contributed by atoms with E-state index in [1.165, 1.54) is 12.1 Å². The van der Waals surface area contributed by atoms with Gasteiger partial charge in [0.1, 0.15) is 11.0 Å². The molecular formula is C17H18N2O2S. The zero-order valence-corrected chi connectivity index (χ0v) is 13.4. The molecule has 0 saturated carbocycles. The Labute approximate surface area is 131 Å². The summed E-state index contributed by atoms with van der Waals surface area (Å²) in [6.45, 7) is 4.22. The van der Waals surface area contributed by atoms with Crippen LogP contribution in [0.4, 0.5) is 5.69 Å². The highest BCUT2D eigenvalue weighted by atomic mass is 32.2. The molecule has 0 unspecified atom stereocenters. The third kappa shape index (κ3) is 3.86. The highest BCUT2D eigenvalue weighted by molar-refractivity contribution is 7.92. The van der Waals surface area contributed by atoms with Gasteiger partial charge in [0.05, 0.1) is 5.56 Å². The van der Waals surface area contributed by atoms with Gasteiger partial charge in [0.25, 0.3) is 10.0 Å². The van der Waals surface area contributed by atoms with Gasteiger partial charge in [-0.15, -0.1) is 0 Å². The summed E-state index contributed by atoms with van der Waals surface area (Å²) in [7, 11) is -3.77. The van der Waals surface area contributed by atoms with Crippen molar-refractivity contribution in [2.24, 2.45) is 5.92 Å². The lowest BCUT2D eigenvalue weighted by Crippen LogP contribution is -2.14. The molecule has 22 heavy (non-hydrogen) atoms. The first-order valence-electron chi connectivity index (χ1n) is 7.03. The molecular weight excluding hydrogens is 296 g/mol. The fraction of sp³-hybridized carbons (Fsp3) is 0.235. The smallest absolute Gasteiger partial charge is 0.263 e. The molecule has 0 bridgehead atoms. The fourth-order valence-corrected chi connectivity index (χ4v) is 3.44. The van der Waals surface area contributed by atoms with E-state index in [4.69, 9.17) is 5.26 Å². The maximum absolute atomic E-state index is 12.5. The van der Waals surface area contributed by atoms with E-state index in [1.54, 1.807) is 18.2 Å². The largest absolute Gasteiger partial charge is 0.280 e. The Bertz CT molecular complexity index is 805. The van der Waals surface area contributed by atoms with E-state index in [1.807, 2.05) is 24.3 Å². The van der Waals surface area contributed by atoms with Crippen molar-refractivity contribution in [1.82, 2.24) is 0 Å². The second-order valence-corrected chi connectivity index (χ2v) is 7.16. The van der Waals surface area contributed by atoms with E-state index >= 15 is 0 Å². The fourth-order valence-electron chi connectivity index (χ4n) is 2.24. The minimum atomic E-state index is -3.77. The molecule has 114 valence electrons. The summed E-state index contributed by atoms with van der Waals surface area (Å²) < 4.78 is 27.4. The van der Waals surface area contributed by atoms with Gasteiger partial charge in [0, 0.05) is 5.69 Å². The molecule has 0 heterocycles. The highest BCUT2D eigenvalue weighted by Crippen LogP contribution is 2.20. The molecule has 0 aliphatic rings. The van der Waals surface area contributed by atoms with Crippen LogP contribution in [-0.2, 0) is 16.4 Å². The zero-order valence-electron chi connectivity index (χ0n) is 12.6.